The summed E-state index contributed by atoms with van der Waals surface area (Å²) in [6.07, 6.45) is -13.2. The summed E-state index contributed by atoms with van der Waals surface area (Å²) in [7, 11) is -4.49. The SMILES string of the molecule is CCOC(=O)[C@H]1CC[C@]2(S(=O)(=O)c3ccc(F)cc3)c3ccc(C(F)(C(F)(F)F)C(F)(F)F)cc3CC[C@H]12. The number of benzene rings is 2. The average molecular weight is 570 g/mol. The first-order valence-corrected chi connectivity index (χ1v) is 13.1. The molecule has 2 aromatic rings. The van der Waals surface area contributed by atoms with Gasteiger partial charge in [0.25, 0.3) is 0 Å². The summed E-state index contributed by atoms with van der Waals surface area (Å²) in [4.78, 5) is 12.4. The summed E-state index contributed by atoms with van der Waals surface area (Å²) >= 11 is 0. The van der Waals surface area contributed by atoms with Crippen molar-refractivity contribution in [2.24, 2.45) is 11.8 Å². The fraction of sp³-hybridized carbons (Fsp3) is 0.480. The second-order valence-electron chi connectivity index (χ2n) is 9.42. The highest BCUT2D eigenvalue weighted by Crippen LogP contribution is 2.60. The van der Waals surface area contributed by atoms with Crippen molar-refractivity contribution in [3.63, 3.8) is 0 Å². The topological polar surface area (TPSA) is 60.4 Å². The number of rotatable bonds is 5. The van der Waals surface area contributed by atoms with Crippen LogP contribution >= 0.6 is 0 Å². The van der Waals surface area contributed by atoms with Crippen LogP contribution in [0.3, 0.4) is 0 Å². The van der Waals surface area contributed by atoms with E-state index in [2.05, 4.69) is 0 Å². The van der Waals surface area contributed by atoms with Crippen molar-refractivity contribution >= 4 is 15.8 Å². The van der Waals surface area contributed by atoms with E-state index in [0.717, 1.165) is 30.3 Å². The first-order valence-electron chi connectivity index (χ1n) is 11.7. The monoisotopic (exact) mass is 570 g/mol. The van der Waals surface area contributed by atoms with Gasteiger partial charge in [0.05, 0.1) is 17.4 Å². The van der Waals surface area contributed by atoms with E-state index in [9.17, 15) is 48.3 Å². The van der Waals surface area contributed by atoms with Gasteiger partial charge in [0, 0.05) is 5.56 Å². The number of fused-ring (bicyclic) bond motifs is 3. The molecule has 0 radical (unpaired) electrons. The summed E-state index contributed by atoms with van der Waals surface area (Å²) in [5.74, 6) is -3.26. The molecule has 0 spiro atoms. The molecule has 4 rings (SSSR count). The number of carbonyl (C=O) groups is 1. The lowest BCUT2D eigenvalue weighted by Gasteiger charge is -2.42. The van der Waals surface area contributed by atoms with Crippen LogP contribution in [0.4, 0.5) is 35.1 Å². The maximum Gasteiger partial charge on any atom is 0.435 e. The second kappa shape index (κ2) is 9.20. The Labute approximate surface area is 212 Å². The lowest BCUT2D eigenvalue weighted by atomic mass is 9.72. The summed E-state index contributed by atoms with van der Waals surface area (Å²) in [6.45, 7) is 1.56. The van der Waals surface area contributed by atoms with Gasteiger partial charge in [-0.05, 0) is 73.9 Å². The first-order chi connectivity index (χ1) is 17.5. The molecule has 0 heterocycles. The van der Waals surface area contributed by atoms with E-state index < -0.39 is 61.8 Å². The molecule has 0 bridgehead atoms. The number of esters is 1. The van der Waals surface area contributed by atoms with E-state index in [1.807, 2.05) is 0 Å². The Kier molecular flexibility index (Phi) is 6.85. The number of sulfone groups is 1. The molecule has 0 amide bonds. The third kappa shape index (κ3) is 3.99. The highest BCUT2D eigenvalue weighted by Gasteiger charge is 2.74. The highest BCUT2D eigenvalue weighted by molar-refractivity contribution is 7.92. The molecule has 0 aliphatic heterocycles. The number of alkyl halides is 7. The Bertz CT molecular complexity index is 1320. The number of halogens is 8. The molecule has 1 fully saturated rings. The highest BCUT2D eigenvalue weighted by atomic mass is 32.2. The third-order valence-electron chi connectivity index (χ3n) is 7.57. The Balaban J connectivity index is 1.95. The van der Waals surface area contributed by atoms with Crippen LogP contribution in [0.1, 0.15) is 42.9 Å². The van der Waals surface area contributed by atoms with Crippen molar-refractivity contribution in [3.8, 4) is 0 Å². The zero-order valence-corrected chi connectivity index (χ0v) is 20.6. The Morgan fingerprint density at radius 2 is 1.58 bits per heavy atom. The van der Waals surface area contributed by atoms with Gasteiger partial charge in [0.1, 0.15) is 10.6 Å². The Hall–Kier alpha value is -2.70. The number of ether oxygens (including phenoxy) is 1. The molecule has 0 N–H and O–H groups in total. The molecule has 0 aromatic heterocycles. The predicted molar refractivity (Wildman–Crippen MR) is 118 cm³/mol. The van der Waals surface area contributed by atoms with Crippen LogP contribution < -0.4 is 0 Å². The van der Waals surface area contributed by atoms with Crippen molar-refractivity contribution in [2.45, 2.75) is 60.3 Å². The smallest absolute Gasteiger partial charge is 0.435 e. The van der Waals surface area contributed by atoms with Gasteiger partial charge in [-0.15, -0.1) is 0 Å². The Morgan fingerprint density at radius 1 is 0.974 bits per heavy atom. The normalized spacial score (nSPS) is 24.0. The van der Waals surface area contributed by atoms with Crippen molar-refractivity contribution in [1.82, 2.24) is 0 Å². The Morgan fingerprint density at radius 3 is 2.13 bits per heavy atom. The molecule has 13 heteroatoms. The van der Waals surface area contributed by atoms with Gasteiger partial charge in [0.15, 0.2) is 9.84 Å². The summed E-state index contributed by atoms with van der Waals surface area (Å²) in [6, 6.07) is 5.26. The van der Waals surface area contributed by atoms with Gasteiger partial charge < -0.3 is 4.74 Å². The van der Waals surface area contributed by atoms with Crippen molar-refractivity contribution in [2.75, 3.05) is 6.61 Å². The third-order valence-corrected chi connectivity index (χ3v) is 10.1. The van der Waals surface area contributed by atoms with E-state index in [4.69, 9.17) is 4.74 Å². The fourth-order valence-electron chi connectivity index (χ4n) is 5.91. The number of aryl methyl sites for hydroxylation is 1. The fourth-order valence-corrected chi connectivity index (χ4v) is 8.38. The van der Waals surface area contributed by atoms with Gasteiger partial charge in [-0.25, -0.2) is 17.2 Å². The first kappa shape index (κ1) is 28.3. The molecule has 2 aliphatic carbocycles. The van der Waals surface area contributed by atoms with Gasteiger partial charge in [-0.2, -0.15) is 26.3 Å². The van der Waals surface area contributed by atoms with Crippen LogP contribution in [0.25, 0.3) is 0 Å². The average Bonchev–Trinajstić information content (AvgIpc) is 3.24. The van der Waals surface area contributed by atoms with Crippen molar-refractivity contribution in [3.05, 3.63) is 65.0 Å². The zero-order valence-electron chi connectivity index (χ0n) is 19.8. The molecular formula is C25H22F8O4S. The van der Waals surface area contributed by atoms with Gasteiger partial charge in [-0.3, -0.25) is 4.79 Å². The van der Waals surface area contributed by atoms with E-state index in [1.165, 1.54) is 0 Å². The van der Waals surface area contributed by atoms with Crippen LogP contribution in [0.2, 0.25) is 0 Å². The summed E-state index contributed by atoms with van der Waals surface area (Å²) < 4.78 is 140. The van der Waals surface area contributed by atoms with Gasteiger partial charge >= 0.3 is 24.0 Å². The van der Waals surface area contributed by atoms with E-state index in [0.29, 0.717) is 12.1 Å². The molecule has 0 saturated heterocycles. The molecule has 4 nitrogen and oxygen atoms in total. The standard InChI is InChI=1S/C25H22F8O4S/c1-2-37-21(34)18-11-12-22(38(35,36)17-7-5-16(26)6-8-17)19-10-4-15(13-14(19)3-9-20(18)22)23(27,24(28,29)30)25(31,32)33/h4-8,10,13,18,20H,2-3,9,11-12H2,1H3/t18-,20+,22-/m0/s1. The maximum absolute atomic E-state index is 14.8. The number of hydrogen-bond donors (Lipinski definition) is 0. The second-order valence-corrected chi connectivity index (χ2v) is 11.6. The van der Waals surface area contributed by atoms with Crippen LogP contribution in [0.15, 0.2) is 47.4 Å². The number of carbonyl (C=O) groups excluding carboxylic acids is 1. The predicted octanol–water partition coefficient (Wildman–Crippen LogP) is 6.32. The molecule has 1 saturated carbocycles. The van der Waals surface area contributed by atoms with Gasteiger partial charge in [0.2, 0.25) is 0 Å². The van der Waals surface area contributed by atoms with E-state index >= 15 is 0 Å². The lowest BCUT2D eigenvalue weighted by Crippen LogP contribution is -2.51. The molecule has 38 heavy (non-hydrogen) atoms. The van der Waals surface area contributed by atoms with Crippen molar-refractivity contribution in [1.29, 1.82) is 0 Å². The minimum atomic E-state index is -6.34. The molecule has 2 aromatic carbocycles. The molecular weight excluding hydrogens is 548 g/mol. The van der Waals surface area contributed by atoms with Crippen LogP contribution in [0.5, 0.6) is 0 Å². The molecule has 208 valence electrons. The maximum atomic E-state index is 14.8. The quantitative estimate of drug-likeness (QED) is 0.240. The van der Waals surface area contributed by atoms with Crippen molar-refractivity contribution < 1.29 is 53.1 Å². The molecule has 3 atom stereocenters. The van der Waals surface area contributed by atoms with E-state index in [-0.39, 0.29) is 48.3 Å². The largest absolute Gasteiger partial charge is 0.466 e. The van der Waals surface area contributed by atoms with E-state index in [1.54, 1.807) is 6.92 Å². The zero-order chi connectivity index (χ0) is 28.3. The lowest BCUT2D eigenvalue weighted by molar-refractivity contribution is -0.348. The van der Waals surface area contributed by atoms with Crippen LogP contribution in [-0.2, 0) is 36.2 Å². The van der Waals surface area contributed by atoms with Crippen LogP contribution in [0, 0.1) is 17.7 Å². The molecule has 2 aliphatic rings. The number of hydrogen-bond acceptors (Lipinski definition) is 4. The van der Waals surface area contributed by atoms with Crippen LogP contribution in [-0.4, -0.2) is 33.3 Å². The minimum absolute atomic E-state index is 0.00712. The summed E-state index contributed by atoms with van der Waals surface area (Å²) in [5.41, 5.74) is -7.72. The molecule has 0 unspecified atom stereocenters. The summed E-state index contributed by atoms with van der Waals surface area (Å²) in [5, 5.41) is 0. The van der Waals surface area contributed by atoms with Gasteiger partial charge in [-0.1, -0.05) is 18.2 Å². The minimum Gasteiger partial charge on any atom is -0.466 e.